The largest absolute Gasteiger partial charge is 0.460 e. The van der Waals surface area contributed by atoms with Gasteiger partial charge in [0, 0.05) is 51.0 Å². The van der Waals surface area contributed by atoms with E-state index in [0.717, 1.165) is 27.6 Å². The molecule has 0 saturated carbocycles. The van der Waals surface area contributed by atoms with Gasteiger partial charge in [0.1, 0.15) is 6.61 Å². The highest BCUT2D eigenvalue weighted by molar-refractivity contribution is 7.12. The highest BCUT2D eigenvalue weighted by Crippen LogP contribution is 2.47. The third kappa shape index (κ3) is 4.02. The van der Waals surface area contributed by atoms with Crippen molar-refractivity contribution in [1.29, 1.82) is 0 Å². The first kappa shape index (κ1) is 21.0. The van der Waals surface area contributed by atoms with E-state index in [1.165, 1.54) is 4.88 Å². The van der Waals surface area contributed by atoms with Crippen LogP contribution in [0.2, 0.25) is 0 Å². The lowest BCUT2D eigenvalue weighted by molar-refractivity contribution is -0.140. The summed E-state index contributed by atoms with van der Waals surface area (Å²) in [5.41, 5.74) is 2.93. The molecule has 7 heteroatoms. The maximum absolute atomic E-state index is 13.4. The molecule has 1 N–H and O–H groups in total. The Bertz CT molecular complexity index is 1020. The number of Topliss-reactive ketones (excluding diaryl/α,β-unsaturated/α-hetero) is 1. The van der Waals surface area contributed by atoms with E-state index in [4.69, 9.17) is 9.47 Å². The van der Waals surface area contributed by atoms with Crippen molar-refractivity contribution < 1.29 is 19.1 Å². The van der Waals surface area contributed by atoms with E-state index in [1.807, 2.05) is 32.0 Å². The van der Waals surface area contributed by atoms with Crippen molar-refractivity contribution in [2.24, 2.45) is 0 Å². The Morgan fingerprint density at radius 2 is 2.00 bits per heavy atom. The summed E-state index contributed by atoms with van der Waals surface area (Å²) in [5, 5.41) is 5.43. The number of esters is 1. The SMILES string of the molecule is COCCOC(=O)C1=C(C)NC2=C(C(=O)C[C@@H](c3cccs3)C2)[C@@H]1c1ccc(C)s1. The molecule has 0 bridgehead atoms. The second-order valence-corrected chi connectivity index (χ2v) is 9.91. The number of hydrogen-bond donors (Lipinski definition) is 1. The molecule has 0 spiro atoms. The molecule has 2 aromatic rings. The van der Waals surface area contributed by atoms with E-state index < -0.39 is 5.97 Å². The van der Waals surface area contributed by atoms with Crippen LogP contribution in [0.25, 0.3) is 0 Å². The van der Waals surface area contributed by atoms with Crippen LogP contribution in [-0.4, -0.2) is 32.1 Å². The van der Waals surface area contributed by atoms with E-state index >= 15 is 0 Å². The van der Waals surface area contributed by atoms with Gasteiger partial charge < -0.3 is 14.8 Å². The molecule has 1 aliphatic heterocycles. The van der Waals surface area contributed by atoms with Gasteiger partial charge in [-0.3, -0.25) is 4.79 Å². The summed E-state index contributed by atoms with van der Waals surface area (Å²) in [5.74, 6) is -0.495. The molecule has 1 aliphatic carbocycles. The molecule has 2 aromatic heterocycles. The lowest BCUT2D eigenvalue weighted by Gasteiger charge is -2.35. The number of carbonyl (C=O) groups is 2. The van der Waals surface area contributed by atoms with Crippen LogP contribution < -0.4 is 5.32 Å². The van der Waals surface area contributed by atoms with Crippen LogP contribution in [0.3, 0.4) is 0 Å². The van der Waals surface area contributed by atoms with Crippen LogP contribution in [-0.2, 0) is 19.1 Å². The Labute approximate surface area is 184 Å². The van der Waals surface area contributed by atoms with Crippen LogP contribution >= 0.6 is 22.7 Å². The van der Waals surface area contributed by atoms with Crippen molar-refractivity contribution in [1.82, 2.24) is 5.32 Å². The number of carbonyl (C=O) groups excluding carboxylic acids is 2. The normalized spacial score (nSPS) is 21.5. The molecule has 5 nitrogen and oxygen atoms in total. The summed E-state index contributed by atoms with van der Waals surface area (Å²) in [7, 11) is 1.57. The second-order valence-electron chi connectivity index (χ2n) is 7.61. The molecule has 2 atom stereocenters. The minimum Gasteiger partial charge on any atom is -0.460 e. The first-order chi connectivity index (χ1) is 14.5. The van der Waals surface area contributed by atoms with Crippen molar-refractivity contribution in [2.75, 3.05) is 20.3 Å². The first-order valence-corrected chi connectivity index (χ1v) is 11.7. The van der Waals surface area contributed by atoms with Gasteiger partial charge in [0.15, 0.2) is 5.78 Å². The predicted octanol–water partition coefficient (Wildman–Crippen LogP) is 4.67. The monoisotopic (exact) mass is 443 g/mol. The van der Waals surface area contributed by atoms with E-state index in [0.29, 0.717) is 24.2 Å². The average Bonchev–Trinajstić information content (AvgIpc) is 3.38. The van der Waals surface area contributed by atoms with Crippen molar-refractivity contribution in [3.63, 3.8) is 0 Å². The van der Waals surface area contributed by atoms with Crippen LogP contribution in [0, 0.1) is 6.92 Å². The number of dihydropyridines is 1. The number of aryl methyl sites for hydroxylation is 1. The highest BCUT2D eigenvalue weighted by atomic mass is 32.1. The molecule has 2 aliphatic rings. The Kier molecular flexibility index (Phi) is 6.22. The minimum atomic E-state index is -0.396. The van der Waals surface area contributed by atoms with Gasteiger partial charge in [0.05, 0.1) is 18.1 Å². The molecule has 3 heterocycles. The van der Waals surface area contributed by atoms with Gasteiger partial charge in [0.2, 0.25) is 0 Å². The molecule has 0 aromatic carbocycles. The maximum atomic E-state index is 13.4. The minimum absolute atomic E-state index is 0.105. The molecule has 0 amide bonds. The molecule has 30 heavy (non-hydrogen) atoms. The molecule has 158 valence electrons. The first-order valence-electron chi connectivity index (χ1n) is 9.99. The Hall–Kier alpha value is -2.22. The third-order valence-corrected chi connectivity index (χ3v) is 7.66. The topological polar surface area (TPSA) is 64.6 Å². The Morgan fingerprint density at radius 1 is 1.17 bits per heavy atom. The van der Waals surface area contributed by atoms with Crippen molar-refractivity contribution in [3.8, 4) is 0 Å². The number of thiophene rings is 2. The molecule has 0 unspecified atom stereocenters. The zero-order chi connectivity index (χ0) is 21.3. The lowest BCUT2D eigenvalue weighted by Crippen LogP contribution is -2.36. The third-order valence-electron chi connectivity index (χ3n) is 5.56. The van der Waals surface area contributed by atoms with Crippen LogP contribution in [0.15, 0.2) is 52.2 Å². The molecule has 0 fully saturated rings. The van der Waals surface area contributed by atoms with E-state index in [9.17, 15) is 9.59 Å². The van der Waals surface area contributed by atoms with E-state index in [2.05, 4.69) is 16.8 Å². The standard InChI is InChI=1S/C23H25NO4S2/c1-13-6-7-19(30-13)22-20(23(26)28-9-8-27-3)14(2)24-16-11-15(12-17(25)21(16)22)18-5-4-10-29-18/h4-7,10,15,22,24H,8-9,11-12H2,1-3H3/t15-,22+/m0/s1. The average molecular weight is 444 g/mol. The summed E-state index contributed by atoms with van der Waals surface area (Å²) in [6.07, 6.45) is 1.23. The lowest BCUT2D eigenvalue weighted by atomic mass is 9.74. The number of hydrogen-bond acceptors (Lipinski definition) is 7. The van der Waals surface area contributed by atoms with Gasteiger partial charge in [0.25, 0.3) is 0 Å². The quantitative estimate of drug-likeness (QED) is 0.519. The molecule has 0 saturated heterocycles. The number of methoxy groups -OCH3 is 1. The molecular formula is C23H25NO4S2. The summed E-state index contributed by atoms with van der Waals surface area (Å²) in [6.45, 7) is 4.45. The van der Waals surface area contributed by atoms with E-state index in [-0.39, 0.29) is 24.2 Å². The number of rotatable bonds is 6. The predicted molar refractivity (Wildman–Crippen MR) is 119 cm³/mol. The van der Waals surface area contributed by atoms with Gasteiger partial charge in [-0.05, 0) is 43.8 Å². The summed E-state index contributed by atoms with van der Waals surface area (Å²) in [4.78, 5) is 29.8. The number of ketones is 1. The van der Waals surface area contributed by atoms with Crippen molar-refractivity contribution >= 4 is 34.4 Å². The van der Waals surface area contributed by atoms with Crippen molar-refractivity contribution in [2.45, 2.75) is 38.5 Å². The Morgan fingerprint density at radius 3 is 2.67 bits per heavy atom. The fourth-order valence-corrected chi connectivity index (χ4v) is 6.05. The highest BCUT2D eigenvalue weighted by Gasteiger charge is 2.42. The van der Waals surface area contributed by atoms with Crippen LogP contribution in [0.4, 0.5) is 0 Å². The molecule has 4 rings (SSSR count). The van der Waals surface area contributed by atoms with Gasteiger partial charge in [-0.2, -0.15) is 0 Å². The summed E-state index contributed by atoms with van der Waals surface area (Å²) >= 11 is 3.31. The Balaban J connectivity index is 1.73. The molecular weight excluding hydrogens is 418 g/mol. The van der Waals surface area contributed by atoms with Gasteiger partial charge in [-0.25, -0.2) is 4.79 Å². The van der Waals surface area contributed by atoms with E-state index in [1.54, 1.807) is 29.8 Å². The van der Waals surface area contributed by atoms with Gasteiger partial charge in [-0.1, -0.05) is 6.07 Å². The van der Waals surface area contributed by atoms with Crippen LogP contribution in [0.5, 0.6) is 0 Å². The number of ether oxygens (including phenoxy) is 2. The zero-order valence-corrected chi connectivity index (χ0v) is 19.0. The van der Waals surface area contributed by atoms with Gasteiger partial charge in [-0.15, -0.1) is 22.7 Å². The van der Waals surface area contributed by atoms with Gasteiger partial charge >= 0.3 is 5.97 Å². The molecule has 0 radical (unpaired) electrons. The summed E-state index contributed by atoms with van der Waals surface area (Å²) < 4.78 is 10.5. The fourth-order valence-electron chi connectivity index (χ4n) is 4.22. The maximum Gasteiger partial charge on any atom is 0.336 e. The second kappa shape index (κ2) is 8.88. The number of nitrogens with one attached hydrogen (secondary N) is 1. The number of allylic oxidation sites excluding steroid dienone is 3. The smallest absolute Gasteiger partial charge is 0.336 e. The van der Waals surface area contributed by atoms with Crippen molar-refractivity contribution in [3.05, 3.63) is 66.8 Å². The van der Waals surface area contributed by atoms with Crippen LogP contribution in [0.1, 0.15) is 46.2 Å². The fraction of sp³-hybridized carbons (Fsp3) is 0.391. The summed E-state index contributed by atoms with van der Waals surface area (Å²) in [6, 6.07) is 8.18. The zero-order valence-electron chi connectivity index (χ0n) is 17.3.